The third-order valence-corrected chi connectivity index (χ3v) is 7.83. The molecular formula is C22H36N4O2. The van der Waals surface area contributed by atoms with Gasteiger partial charge < -0.3 is 29.8 Å². The second-order valence-corrected chi connectivity index (χ2v) is 9.60. The maximum absolute atomic E-state index is 9.49. The van der Waals surface area contributed by atoms with Crippen molar-refractivity contribution < 1.29 is 10.2 Å². The molecule has 6 nitrogen and oxygen atoms in total. The Labute approximate surface area is 169 Å². The Morgan fingerprint density at radius 2 is 0.786 bits per heavy atom. The molecule has 8 rings (SSSR count). The number of nitrogens with zero attached hydrogens (tertiary/aromatic N) is 4. The van der Waals surface area contributed by atoms with E-state index < -0.39 is 0 Å². The summed E-state index contributed by atoms with van der Waals surface area (Å²) >= 11 is 0. The van der Waals surface area contributed by atoms with Gasteiger partial charge in [0, 0.05) is 102 Å². The van der Waals surface area contributed by atoms with E-state index in [2.05, 4.69) is 31.8 Å². The SMILES string of the molecule is OCC=C1C2CN3CCN4CC5CN(CCN(C2)CC1C3)CC(C4)C5=CCO. The summed E-state index contributed by atoms with van der Waals surface area (Å²) < 4.78 is 0. The standard InChI is InChI=1S/C22H36N4O2/c27-7-1-21-17-9-23-3-5-25-13-19-15-26(16-20(14-25)22(19)2-8-28)6-4-24(11-17)12-18(21)10-23/h1-2,17-20,27-28H,3-16H2. The first-order valence-electron chi connectivity index (χ1n) is 11.2. The van der Waals surface area contributed by atoms with Gasteiger partial charge in [0.05, 0.1) is 13.2 Å². The normalized spacial score (nSPS) is 45.4. The Kier molecular flexibility index (Phi) is 5.61. The van der Waals surface area contributed by atoms with E-state index >= 15 is 0 Å². The van der Waals surface area contributed by atoms with Crippen LogP contribution < -0.4 is 0 Å². The van der Waals surface area contributed by atoms with E-state index in [0.29, 0.717) is 23.7 Å². The number of aliphatic hydroxyl groups is 2. The first kappa shape index (κ1) is 19.2. The molecular weight excluding hydrogens is 352 g/mol. The van der Waals surface area contributed by atoms with E-state index in [4.69, 9.17) is 0 Å². The zero-order valence-electron chi connectivity index (χ0n) is 17.0. The number of hydrogen-bond donors (Lipinski definition) is 2. The van der Waals surface area contributed by atoms with Gasteiger partial charge in [-0.2, -0.15) is 0 Å². The van der Waals surface area contributed by atoms with Crippen LogP contribution in [0.1, 0.15) is 0 Å². The van der Waals surface area contributed by atoms with Gasteiger partial charge in [-0.15, -0.1) is 0 Å². The second-order valence-electron chi connectivity index (χ2n) is 9.60. The zero-order valence-corrected chi connectivity index (χ0v) is 17.0. The minimum atomic E-state index is 0.191. The van der Waals surface area contributed by atoms with Gasteiger partial charge in [-0.05, 0) is 0 Å². The first-order chi connectivity index (χ1) is 13.7. The maximum Gasteiger partial charge on any atom is 0.0615 e. The van der Waals surface area contributed by atoms with Crippen molar-refractivity contribution in [2.75, 3.05) is 91.8 Å². The summed E-state index contributed by atoms with van der Waals surface area (Å²) in [6.45, 7) is 14.3. The van der Waals surface area contributed by atoms with Gasteiger partial charge in [0.1, 0.15) is 0 Å². The molecule has 0 radical (unpaired) electrons. The molecule has 156 valence electrons. The molecule has 0 aromatic heterocycles. The average molecular weight is 389 g/mol. The summed E-state index contributed by atoms with van der Waals surface area (Å²) in [4.78, 5) is 10.8. The lowest BCUT2D eigenvalue weighted by Gasteiger charge is -2.51. The lowest BCUT2D eigenvalue weighted by Crippen LogP contribution is -2.59. The van der Waals surface area contributed by atoms with E-state index in [-0.39, 0.29) is 13.2 Å². The van der Waals surface area contributed by atoms with Gasteiger partial charge in [-0.1, -0.05) is 23.3 Å². The summed E-state index contributed by atoms with van der Waals surface area (Å²) in [5.74, 6) is 2.39. The maximum atomic E-state index is 9.49. The predicted molar refractivity (Wildman–Crippen MR) is 110 cm³/mol. The number of aliphatic hydroxyl groups excluding tert-OH is 2. The summed E-state index contributed by atoms with van der Waals surface area (Å²) in [6, 6.07) is 0. The van der Waals surface area contributed by atoms with Crippen molar-refractivity contribution in [2.24, 2.45) is 23.7 Å². The topological polar surface area (TPSA) is 53.4 Å². The summed E-state index contributed by atoms with van der Waals surface area (Å²) in [5, 5.41) is 19.0. The van der Waals surface area contributed by atoms with Gasteiger partial charge in [0.25, 0.3) is 0 Å². The third kappa shape index (κ3) is 3.71. The molecule has 0 aromatic rings. The van der Waals surface area contributed by atoms with Crippen LogP contribution in [0, 0.1) is 23.7 Å². The Bertz CT molecular complexity index is 514. The number of hydrogen-bond acceptors (Lipinski definition) is 6. The molecule has 8 fully saturated rings. The van der Waals surface area contributed by atoms with Crippen LogP contribution >= 0.6 is 0 Å². The summed E-state index contributed by atoms with van der Waals surface area (Å²) in [6.07, 6.45) is 4.22. The van der Waals surface area contributed by atoms with Crippen molar-refractivity contribution in [1.29, 1.82) is 0 Å². The highest BCUT2D eigenvalue weighted by molar-refractivity contribution is 5.21. The molecule has 0 aromatic carbocycles. The van der Waals surface area contributed by atoms with Crippen molar-refractivity contribution in [3.8, 4) is 0 Å². The van der Waals surface area contributed by atoms with Crippen LogP contribution in [-0.2, 0) is 0 Å². The molecule has 0 aliphatic carbocycles. The fraction of sp³-hybridized carbons (Fsp3) is 0.818. The van der Waals surface area contributed by atoms with Crippen LogP contribution in [0.4, 0.5) is 0 Å². The molecule has 8 heterocycles. The first-order valence-corrected chi connectivity index (χ1v) is 11.2. The summed E-state index contributed by atoms with van der Waals surface area (Å²) in [7, 11) is 0. The highest BCUT2D eigenvalue weighted by atomic mass is 16.3. The van der Waals surface area contributed by atoms with Crippen molar-refractivity contribution >= 4 is 0 Å². The van der Waals surface area contributed by atoms with E-state index in [0.717, 1.165) is 52.4 Å². The van der Waals surface area contributed by atoms with Crippen LogP contribution in [0.5, 0.6) is 0 Å². The van der Waals surface area contributed by atoms with Crippen molar-refractivity contribution in [3.63, 3.8) is 0 Å². The molecule has 8 aliphatic heterocycles. The van der Waals surface area contributed by atoms with E-state index in [1.54, 1.807) is 0 Å². The molecule has 6 heteroatoms. The van der Waals surface area contributed by atoms with Gasteiger partial charge in [-0.25, -0.2) is 0 Å². The lowest BCUT2D eigenvalue weighted by molar-refractivity contribution is 0.0264. The van der Waals surface area contributed by atoms with E-state index in [1.165, 1.54) is 37.3 Å². The van der Waals surface area contributed by atoms with Gasteiger partial charge in [0.15, 0.2) is 0 Å². The fourth-order valence-corrected chi connectivity index (χ4v) is 6.71. The summed E-state index contributed by atoms with van der Waals surface area (Å²) in [5.41, 5.74) is 3.06. The predicted octanol–water partition coefficient (Wildman–Crippen LogP) is -0.435. The van der Waals surface area contributed by atoms with Gasteiger partial charge >= 0.3 is 0 Å². The van der Waals surface area contributed by atoms with E-state index in [1.807, 2.05) is 0 Å². The quantitative estimate of drug-likeness (QED) is 0.626. The Morgan fingerprint density at radius 1 is 0.536 bits per heavy atom. The number of rotatable bonds is 2. The average Bonchev–Trinajstić information content (AvgIpc) is 2.65. The lowest BCUT2D eigenvalue weighted by atomic mass is 9.78. The van der Waals surface area contributed by atoms with Crippen LogP contribution in [0.2, 0.25) is 0 Å². The van der Waals surface area contributed by atoms with Crippen molar-refractivity contribution in [2.45, 2.75) is 0 Å². The molecule has 0 saturated carbocycles. The van der Waals surface area contributed by atoms with Crippen LogP contribution in [0.25, 0.3) is 0 Å². The molecule has 8 bridgehead atoms. The molecule has 0 unspecified atom stereocenters. The molecule has 0 spiro atoms. The Hall–Kier alpha value is -0.760. The molecule has 28 heavy (non-hydrogen) atoms. The van der Waals surface area contributed by atoms with Crippen molar-refractivity contribution in [1.82, 2.24) is 19.6 Å². The van der Waals surface area contributed by atoms with Crippen molar-refractivity contribution in [3.05, 3.63) is 23.3 Å². The second kappa shape index (κ2) is 8.17. The highest BCUT2D eigenvalue weighted by Crippen LogP contribution is 2.36. The molecule has 2 N–H and O–H groups in total. The van der Waals surface area contributed by atoms with Crippen LogP contribution in [-0.4, -0.2) is 122 Å². The van der Waals surface area contributed by atoms with Gasteiger partial charge in [-0.3, -0.25) is 0 Å². The smallest absolute Gasteiger partial charge is 0.0615 e. The number of piperidine rings is 4. The highest BCUT2D eigenvalue weighted by Gasteiger charge is 2.41. The molecule has 8 saturated heterocycles. The Balaban J connectivity index is 1.36. The minimum Gasteiger partial charge on any atom is -0.392 e. The minimum absolute atomic E-state index is 0.191. The van der Waals surface area contributed by atoms with Crippen LogP contribution in [0.15, 0.2) is 23.3 Å². The third-order valence-electron chi connectivity index (χ3n) is 7.83. The van der Waals surface area contributed by atoms with Gasteiger partial charge in [0.2, 0.25) is 0 Å². The monoisotopic (exact) mass is 388 g/mol. The Morgan fingerprint density at radius 3 is 1.00 bits per heavy atom. The molecule has 8 aliphatic rings. The van der Waals surface area contributed by atoms with Crippen LogP contribution in [0.3, 0.4) is 0 Å². The zero-order chi connectivity index (χ0) is 19.1. The largest absolute Gasteiger partial charge is 0.392 e. The molecule has 0 atom stereocenters. The fourth-order valence-electron chi connectivity index (χ4n) is 6.71. The molecule has 0 amide bonds. The van der Waals surface area contributed by atoms with E-state index in [9.17, 15) is 10.2 Å².